The average Bonchev–Trinajstić information content (AvgIpc) is 3.25. The number of fused-ring (bicyclic) bond motifs is 3. The van der Waals surface area contributed by atoms with Gasteiger partial charge in [0.1, 0.15) is 5.54 Å². The minimum Gasteiger partial charge on any atom is -0.389 e. The number of hydrogen-bond donors (Lipinski definition) is 2. The van der Waals surface area contributed by atoms with Gasteiger partial charge in [-0.3, -0.25) is 9.69 Å². The number of carbonyl (C=O) groups excluding carboxylic acids is 2. The van der Waals surface area contributed by atoms with Crippen molar-refractivity contribution in [3.05, 3.63) is 70.8 Å². The summed E-state index contributed by atoms with van der Waals surface area (Å²) in [5, 5.41) is 13.4. The van der Waals surface area contributed by atoms with E-state index in [1.807, 2.05) is 36.4 Å². The maximum absolute atomic E-state index is 13.2. The van der Waals surface area contributed by atoms with E-state index in [-0.39, 0.29) is 25.2 Å². The Morgan fingerprint density at radius 2 is 1.87 bits per heavy atom. The van der Waals surface area contributed by atoms with Crippen LogP contribution in [0.4, 0.5) is 4.79 Å². The maximum Gasteiger partial charge on any atom is 0.325 e. The van der Waals surface area contributed by atoms with Crippen LogP contribution < -0.4 is 5.32 Å². The second-order valence-corrected chi connectivity index (χ2v) is 8.48. The Bertz CT molecular complexity index is 991. The SMILES string of the molecule is O=C1N[C@]2(CCc3ccccc32)C(=O)N1C[C@@H](O)CO[C@H]1CCCc2ccccc21. The van der Waals surface area contributed by atoms with Crippen molar-refractivity contribution in [1.29, 1.82) is 0 Å². The van der Waals surface area contributed by atoms with Crippen molar-refractivity contribution < 1.29 is 19.4 Å². The Labute approximate surface area is 175 Å². The minimum atomic E-state index is -0.990. The molecule has 1 heterocycles. The molecule has 30 heavy (non-hydrogen) atoms. The van der Waals surface area contributed by atoms with Crippen LogP contribution >= 0.6 is 0 Å². The van der Waals surface area contributed by atoms with Crippen molar-refractivity contribution in [2.45, 2.75) is 49.9 Å². The average molecular weight is 406 g/mol. The van der Waals surface area contributed by atoms with Crippen molar-refractivity contribution in [3.8, 4) is 0 Å². The Kier molecular flexibility index (Phi) is 4.83. The molecule has 0 bridgehead atoms. The molecule has 1 spiro atoms. The van der Waals surface area contributed by atoms with Gasteiger partial charge in [-0.05, 0) is 54.4 Å². The van der Waals surface area contributed by atoms with E-state index in [0.717, 1.165) is 41.7 Å². The van der Waals surface area contributed by atoms with Gasteiger partial charge < -0.3 is 15.2 Å². The molecule has 2 aliphatic carbocycles. The van der Waals surface area contributed by atoms with Crippen LogP contribution in [-0.2, 0) is 27.9 Å². The second kappa shape index (κ2) is 7.52. The summed E-state index contributed by atoms with van der Waals surface area (Å²) in [5.41, 5.74) is 3.44. The first-order valence-electron chi connectivity index (χ1n) is 10.7. The Balaban J connectivity index is 1.25. The zero-order chi connectivity index (χ0) is 20.7. The minimum absolute atomic E-state index is 0.0549. The van der Waals surface area contributed by atoms with Gasteiger partial charge in [0.2, 0.25) is 0 Å². The van der Waals surface area contributed by atoms with E-state index >= 15 is 0 Å². The number of benzene rings is 2. The lowest BCUT2D eigenvalue weighted by Crippen LogP contribution is -2.43. The third kappa shape index (κ3) is 3.11. The highest BCUT2D eigenvalue weighted by Crippen LogP contribution is 2.41. The van der Waals surface area contributed by atoms with Gasteiger partial charge in [0, 0.05) is 0 Å². The van der Waals surface area contributed by atoms with Crippen LogP contribution in [0.25, 0.3) is 0 Å². The molecule has 3 amide bonds. The fourth-order valence-corrected chi connectivity index (χ4v) is 5.13. The van der Waals surface area contributed by atoms with E-state index in [1.54, 1.807) is 0 Å². The summed E-state index contributed by atoms with van der Waals surface area (Å²) in [6, 6.07) is 15.5. The van der Waals surface area contributed by atoms with E-state index < -0.39 is 17.7 Å². The van der Waals surface area contributed by atoms with Gasteiger partial charge in [-0.1, -0.05) is 48.5 Å². The molecule has 0 saturated carbocycles. The molecule has 1 fully saturated rings. The summed E-state index contributed by atoms with van der Waals surface area (Å²) < 4.78 is 6.01. The number of imide groups is 1. The molecule has 3 atom stereocenters. The highest BCUT2D eigenvalue weighted by Gasteiger charge is 2.55. The molecule has 3 aliphatic rings. The fourth-order valence-electron chi connectivity index (χ4n) is 5.13. The lowest BCUT2D eigenvalue weighted by Gasteiger charge is -2.27. The van der Waals surface area contributed by atoms with E-state index in [4.69, 9.17) is 4.74 Å². The van der Waals surface area contributed by atoms with Crippen molar-refractivity contribution in [1.82, 2.24) is 10.2 Å². The Morgan fingerprint density at radius 3 is 2.73 bits per heavy atom. The normalized spacial score (nSPS) is 25.9. The van der Waals surface area contributed by atoms with Crippen molar-refractivity contribution in [3.63, 3.8) is 0 Å². The number of ether oxygens (including phenoxy) is 1. The predicted octanol–water partition coefficient (Wildman–Crippen LogP) is 2.84. The molecule has 0 radical (unpaired) electrons. The third-order valence-corrected chi connectivity index (χ3v) is 6.62. The van der Waals surface area contributed by atoms with Gasteiger partial charge in [0.25, 0.3) is 5.91 Å². The van der Waals surface area contributed by atoms with Gasteiger partial charge in [0.15, 0.2) is 0 Å². The van der Waals surface area contributed by atoms with Crippen molar-refractivity contribution in [2.75, 3.05) is 13.2 Å². The number of urea groups is 1. The summed E-state index contributed by atoms with van der Waals surface area (Å²) in [7, 11) is 0. The number of β-amino-alcohol motifs (C(OH)–C–C–N with tert-alkyl or cyclic N) is 1. The van der Waals surface area contributed by atoms with Crippen LogP contribution in [-0.4, -0.2) is 41.2 Å². The van der Waals surface area contributed by atoms with E-state index in [1.165, 1.54) is 11.1 Å². The zero-order valence-corrected chi connectivity index (χ0v) is 16.8. The van der Waals surface area contributed by atoms with Gasteiger partial charge in [-0.15, -0.1) is 0 Å². The monoisotopic (exact) mass is 406 g/mol. The lowest BCUT2D eigenvalue weighted by molar-refractivity contribution is -0.133. The topological polar surface area (TPSA) is 78.9 Å². The summed E-state index contributed by atoms with van der Waals surface area (Å²) >= 11 is 0. The molecule has 2 aromatic rings. The largest absolute Gasteiger partial charge is 0.389 e. The number of amides is 3. The molecule has 5 rings (SSSR count). The summed E-state index contributed by atoms with van der Waals surface area (Å²) in [6.45, 7) is 0.0165. The molecule has 6 nitrogen and oxygen atoms in total. The molecule has 1 saturated heterocycles. The summed E-state index contributed by atoms with van der Waals surface area (Å²) in [6.07, 6.45) is 3.33. The maximum atomic E-state index is 13.2. The van der Waals surface area contributed by atoms with Crippen LogP contribution in [0.3, 0.4) is 0 Å². The first-order chi connectivity index (χ1) is 14.6. The molecule has 0 unspecified atom stereocenters. The van der Waals surface area contributed by atoms with Crippen molar-refractivity contribution >= 4 is 11.9 Å². The summed E-state index contributed by atoms with van der Waals surface area (Å²) in [4.78, 5) is 26.9. The quantitative estimate of drug-likeness (QED) is 0.749. The first-order valence-corrected chi connectivity index (χ1v) is 10.7. The van der Waals surface area contributed by atoms with Gasteiger partial charge >= 0.3 is 6.03 Å². The third-order valence-electron chi connectivity index (χ3n) is 6.62. The molecule has 2 N–H and O–H groups in total. The molecule has 6 heteroatoms. The van der Waals surface area contributed by atoms with E-state index in [2.05, 4.69) is 17.4 Å². The van der Waals surface area contributed by atoms with Gasteiger partial charge in [0.05, 0.1) is 25.4 Å². The zero-order valence-electron chi connectivity index (χ0n) is 16.8. The number of carbonyl (C=O) groups is 2. The molecule has 1 aliphatic heterocycles. The number of nitrogens with one attached hydrogen (secondary N) is 1. The molecular weight excluding hydrogens is 380 g/mol. The number of aliphatic hydroxyl groups excluding tert-OH is 1. The van der Waals surface area contributed by atoms with Gasteiger partial charge in [-0.2, -0.15) is 0 Å². The van der Waals surface area contributed by atoms with Crippen LogP contribution in [0.1, 0.15) is 47.6 Å². The van der Waals surface area contributed by atoms with E-state index in [0.29, 0.717) is 6.42 Å². The fraction of sp³-hybridized carbons (Fsp3) is 0.417. The predicted molar refractivity (Wildman–Crippen MR) is 111 cm³/mol. The Morgan fingerprint density at radius 1 is 1.10 bits per heavy atom. The molecule has 156 valence electrons. The number of nitrogens with zero attached hydrogens (tertiary/aromatic N) is 1. The first kappa shape index (κ1) is 19.3. The van der Waals surface area contributed by atoms with Crippen molar-refractivity contribution in [2.24, 2.45) is 0 Å². The number of aryl methyl sites for hydroxylation is 2. The second-order valence-electron chi connectivity index (χ2n) is 8.48. The summed E-state index contributed by atoms with van der Waals surface area (Å²) in [5.74, 6) is -0.278. The van der Waals surface area contributed by atoms with E-state index in [9.17, 15) is 14.7 Å². The number of aliphatic hydroxyl groups is 1. The highest BCUT2D eigenvalue weighted by atomic mass is 16.5. The standard InChI is InChI=1S/C24H26N2O4/c27-18(15-30-21-11-5-8-16-6-1-3-9-19(16)21)14-26-22(28)24(25-23(26)29)13-12-17-7-2-4-10-20(17)24/h1-4,6-7,9-10,18,21,27H,5,8,11-15H2,(H,25,29)/t18-,21+,24+/m1/s1. The Hall–Kier alpha value is -2.70. The van der Waals surface area contributed by atoms with Crippen LogP contribution in [0.15, 0.2) is 48.5 Å². The van der Waals surface area contributed by atoms with Crippen LogP contribution in [0.2, 0.25) is 0 Å². The molecule has 2 aromatic carbocycles. The molecule has 0 aromatic heterocycles. The van der Waals surface area contributed by atoms with Gasteiger partial charge in [-0.25, -0.2) is 4.79 Å². The number of hydrogen-bond acceptors (Lipinski definition) is 4. The lowest BCUT2D eigenvalue weighted by atomic mass is 9.89. The van der Waals surface area contributed by atoms with Crippen LogP contribution in [0.5, 0.6) is 0 Å². The highest BCUT2D eigenvalue weighted by molar-refractivity contribution is 6.08. The smallest absolute Gasteiger partial charge is 0.325 e. The van der Waals surface area contributed by atoms with Crippen LogP contribution in [0, 0.1) is 0 Å². The number of rotatable bonds is 5. The molecular formula is C24H26N2O4.